The van der Waals surface area contributed by atoms with Gasteiger partial charge in [-0.05, 0) is 18.6 Å². The molecule has 0 saturated heterocycles. The van der Waals surface area contributed by atoms with Crippen molar-refractivity contribution in [2.45, 2.75) is 13.0 Å². The maximum Gasteiger partial charge on any atom is 0.250 e. The fourth-order valence-corrected chi connectivity index (χ4v) is 3.31. The van der Waals surface area contributed by atoms with Crippen molar-refractivity contribution >= 4 is 28.4 Å². The molecule has 0 aliphatic carbocycles. The SMILES string of the molecule is Cc1cccc(O)c1NC(=O)[C@@H]1CSC(c2ccccc2)=N1. The first kappa shape index (κ1) is 14.7. The van der Waals surface area contributed by atoms with Crippen LogP contribution in [0, 0.1) is 6.92 Å². The second kappa shape index (κ2) is 6.23. The second-order valence-electron chi connectivity index (χ2n) is 5.09. The number of aromatic hydroxyl groups is 1. The van der Waals surface area contributed by atoms with Gasteiger partial charge in [0.2, 0.25) is 5.91 Å². The highest BCUT2D eigenvalue weighted by Gasteiger charge is 2.26. The minimum absolute atomic E-state index is 0.0752. The Balaban J connectivity index is 1.76. The summed E-state index contributed by atoms with van der Waals surface area (Å²) in [4.78, 5) is 16.9. The fourth-order valence-electron chi connectivity index (χ4n) is 2.27. The number of nitrogens with zero attached hydrogens (tertiary/aromatic N) is 1. The van der Waals surface area contributed by atoms with Crippen LogP contribution in [0.1, 0.15) is 11.1 Å². The third kappa shape index (κ3) is 2.99. The van der Waals surface area contributed by atoms with E-state index >= 15 is 0 Å². The molecule has 22 heavy (non-hydrogen) atoms. The summed E-state index contributed by atoms with van der Waals surface area (Å²) in [5.41, 5.74) is 2.31. The molecule has 1 aliphatic heterocycles. The molecule has 1 atom stereocenters. The van der Waals surface area contributed by atoms with Crippen LogP contribution in [0.2, 0.25) is 0 Å². The third-order valence-corrected chi connectivity index (χ3v) is 4.57. The number of amides is 1. The molecule has 1 amide bonds. The monoisotopic (exact) mass is 312 g/mol. The molecule has 0 saturated carbocycles. The van der Waals surface area contributed by atoms with Gasteiger partial charge in [-0.25, -0.2) is 0 Å². The molecule has 0 spiro atoms. The molecule has 0 bridgehead atoms. The largest absolute Gasteiger partial charge is 0.506 e. The van der Waals surface area contributed by atoms with E-state index in [9.17, 15) is 9.90 Å². The van der Waals surface area contributed by atoms with Gasteiger partial charge >= 0.3 is 0 Å². The quantitative estimate of drug-likeness (QED) is 0.856. The van der Waals surface area contributed by atoms with Gasteiger partial charge in [-0.3, -0.25) is 9.79 Å². The molecule has 5 heteroatoms. The molecular weight excluding hydrogens is 296 g/mol. The van der Waals surface area contributed by atoms with E-state index in [1.165, 1.54) is 0 Å². The lowest BCUT2D eigenvalue weighted by Crippen LogP contribution is -2.26. The van der Waals surface area contributed by atoms with E-state index in [4.69, 9.17) is 0 Å². The maximum atomic E-state index is 12.4. The van der Waals surface area contributed by atoms with Gasteiger partial charge in [0, 0.05) is 11.3 Å². The molecule has 3 rings (SSSR count). The molecule has 0 radical (unpaired) electrons. The first-order valence-corrected chi connectivity index (χ1v) is 7.99. The van der Waals surface area contributed by atoms with E-state index in [0.29, 0.717) is 11.4 Å². The van der Waals surface area contributed by atoms with E-state index < -0.39 is 6.04 Å². The van der Waals surface area contributed by atoms with Crippen LogP contribution in [0.4, 0.5) is 5.69 Å². The first-order chi connectivity index (χ1) is 10.6. The number of thioether (sulfide) groups is 1. The van der Waals surface area contributed by atoms with E-state index in [0.717, 1.165) is 16.2 Å². The standard InChI is InChI=1S/C17H16N2O2S/c1-11-6-5-9-14(20)15(11)19-16(21)13-10-22-17(18-13)12-7-3-2-4-8-12/h2-9,13,20H,10H2,1H3,(H,19,21)/t13-/m0/s1. The van der Waals surface area contributed by atoms with Crippen molar-refractivity contribution in [3.63, 3.8) is 0 Å². The van der Waals surface area contributed by atoms with Crippen LogP contribution in [-0.2, 0) is 4.79 Å². The van der Waals surface area contributed by atoms with Crippen LogP contribution in [0.15, 0.2) is 53.5 Å². The molecule has 0 unspecified atom stereocenters. The number of aryl methyl sites for hydroxylation is 1. The Morgan fingerprint density at radius 2 is 2.00 bits per heavy atom. The van der Waals surface area contributed by atoms with E-state index in [1.54, 1.807) is 23.9 Å². The molecule has 1 aliphatic rings. The van der Waals surface area contributed by atoms with Crippen molar-refractivity contribution < 1.29 is 9.90 Å². The topological polar surface area (TPSA) is 61.7 Å². The summed E-state index contributed by atoms with van der Waals surface area (Å²) < 4.78 is 0. The highest BCUT2D eigenvalue weighted by molar-refractivity contribution is 8.14. The van der Waals surface area contributed by atoms with Gasteiger partial charge in [0.15, 0.2) is 0 Å². The lowest BCUT2D eigenvalue weighted by molar-refractivity contribution is -0.116. The number of rotatable bonds is 3. The normalized spacial score (nSPS) is 17.1. The van der Waals surface area contributed by atoms with E-state index in [1.807, 2.05) is 43.3 Å². The summed E-state index contributed by atoms with van der Waals surface area (Å²) in [6, 6.07) is 14.6. The van der Waals surface area contributed by atoms with Crippen LogP contribution in [-0.4, -0.2) is 27.9 Å². The highest BCUT2D eigenvalue weighted by atomic mass is 32.2. The van der Waals surface area contributed by atoms with Gasteiger partial charge in [-0.1, -0.05) is 42.5 Å². The third-order valence-electron chi connectivity index (χ3n) is 3.47. The van der Waals surface area contributed by atoms with Gasteiger partial charge in [0.1, 0.15) is 11.8 Å². The molecule has 0 aromatic heterocycles. The molecule has 1 heterocycles. The van der Waals surface area contributed by atoms with E-state index in [2.05, 4.69) is 10.3 Å². The average Bonchev–Trinajstić information content (AvgIpc) is 3.02. The summed E-state index contributed by atoms with van der Waals surface area (Å²) in [6.45, 7) is 1.84. The molecule has 4 nitrogen and oxygen atoms in total. The van der Waals surface area contributed by atoms with Crippen LogP contribution in [0.5, 0.6) is 5.75 Å². The first-order valence-electron chi connectivity index (χ1n) is 7.00. The van der Waals surface area contributed by atoms with E-state index in [-0.39, 0.29) is 11.7 Å². The van der Waals surface area contributed by atoms with Crippen LogP contribution < -0.4 is 5.32 Å². The predicted octanol–water partition coefficient (Wildman–Crippen LogP) is 3.20. The maximum absolute atomic E-state index is 12.4. The zero-order valence-electron chi connectivity index (χ0n) is 12.1. The Kier molecular flexibility index (Phi) is 4.15. The summed E-state index contributed by atoms with van der Waals surface area (Å²) in [6.07, 6.45) is 0. The van der Waals surface area contributed by atoms with Crippen molar-refractivity contribution in [3.8, 4) is 5.75 Å². The Labute approximate surface area is 133 Å². The number of aliphatic imine (C=N–C) groups is 1. The molecule has 2 aromatic carbocycles. The number of carbonyl (C=O) groups is 1. The van der Waals surface area contributed by atoms with Crippen molar-refractivity contribution in [1.82, 2.24) is 0 Å². The average molecular weight is 312 g/mol. The number of benzene rings is 2. The van der Waals surface area contributed by atoms with Gasteiger partial charge in [-0.15, -0.1) is 11.8 Å². The smallest absolute Gasteiger partial charge is 0.250 e. The number of nitrogens with one attached hydrogen (secondary N) is 1. The Bertz CT molecular complexity index is 708. The number of phenolic OH excluding ortho intramolecular Hbond substituents is 1. The highest BCUT2D eigenvalue weighted by Crippen LogP contribution is 2.28. The number of hydrogen-bond donors (Lipinski definition) is 2. The number of anilines is 1. The molecule has 0 fully saturated rings. The van der Waals surface area contributed by atoms with Crippen molar-refractivity contribution in [2.24, 2.45) is 4.99 Å². The predicted molar refractivity (Wildman–Crippen MR) is 90.7 cm³/mol. The van der Waals surface area contributed by atoms with Crippen molar-refractivity contribution in [3.05, 3.63) is 59.7 Å². The Morgan fingerprint density at radius 3 is 2.73 bits per heavy atom. The number of phenols is 1. The molecule has 112 valence electrons. The van der Waals surface area contributed by atoms with Crippen LogP contribution >= 0.6 is 11.8 Å². The van der Waals surface area contributed by atoms with Crippen molar-refractivity contribution in [1.29, 1.82) is 0 Å². The lowest BCUT2D eigenvalue weighted by Gasteiger charge is -2.12. The van der Waals surface area contributed by atoms with Crippen LogP contribution in [0.3, 0.4) is 0 Å². The minimum atomic E-state index is -0.431. The summed E-state index contributed by atoms with van der Waals surface area (Å²) in [5.74, 6) is 0.497. The summed E-state index contributed by atoms with van der Waals surface area (Å²) in [7, 11) is 0. The zero-order valence-corrected chi connectivity index (χ0v) is 12.9. The lowest BCUT2D eigenvalue weighted by atomic mass is 10.1. The van der Waals surface area contributed by atoms with Crippen LogP contribution in [0.25, 0.3) is 0 Å². The minimum Gasteiger partial charge on any atom is -0.506 e. The Hall–Kier alpha value is -2.27. The van der Waals surface area contributed by atoms with Gasteiger partial charge in [0.05, 0.1) is 10.7 Å². The fraction of sp³-hybridized carbons (Fsp3) is 0.176. The Morgan fingerprint density at radius 1 is 1.23 bits per heavy atom. The van der Waals surface area contributed by atoms with Gasteiger partial charge in [0.25, 0.3) is 0 Å². The summed E-state index contributed by atoms with van der Waals surface area (Å²) >= 11 is 1.58. The van der Waals surface area contributed by atoms with Crippen molar-refractivity contribution in [2.75, 3.05) is 11.1 Å². The number of hydrogen-bond acceptors (Lipinski definition) is 4. The molecular formula is C17H16N2O2S. The number of carbonyl (C=O) groups excluding carboxylic acids is 1. The summed E-state index contributed by atoms with van der Waals surface area (Å²) in [5, 5.41) is 13.5. The van der Waals surface area contributed by atoms with Gasteiger partial charge < -0.3 is 10.4 Å². The number of para-hydroxylation sites is 1. The zero-order chi connectivity index (χ0) is 15.5. The molecule has 2 N–H and O–H groups in total. The molecule has 2 aromatic rings. The van der Waals surface area contributed by atoms with Gasteiger partial charge in [-0.2, -0.15) is 0 Å². The second-order valence-corrected chi connectivity index (χ2v) is 6.09.